The molecule has 1 heterocycles. The molecule has 0 spiro atoms. The predicted molar refractivity (Wildman–Crippen MR) is 99.4 cm³/mol. The van der Waals surface area contributed by atoms with E-state index in [1.807, 2.05) is 56.3 Å². The number of carbonyl (C=O) groups is 1. The highest BCUT2D eigenvalue weighted by Crippen LogP contribution is 2.39. The fraction of sp³-hybridized carbons (Fsp3) is 0.211. The zero-order chi connectivity index (χ0) is 17.1. The molecule has 0 bridgehead atoms. The largest absolute Gasteiger partial charge is 0.490 e. The van der Waals surface area contributed by atoms with Crippen LogP contribution in [0.5, 0.6) is 11.5 Å². The molecule has 3 rings (SSSR count). The van der Waals surface area contributed by atoms with Gasteiger partial charge in [-0.1, -0.05) is 18.2 Å². The summed E-state index contributed by atoms with van der Waals surface area (Å²) < 4.78 is 12.1. The number of para-hydroxylation sites is 1. The number of anilines is 1. The van der Waals surface area contributed by atoms with Crippen LogP contribution in [0.15, 0.2) is 40.9 Å². The van der Waals surface area contributed by atoms with Crippen LogP contribution in [0.3, 0.4) is 0 Å². The maximum Gasteiger partial charge on any atom is 0.256 e. The van der Waals surface area contributed by atoms with Crippen LogP contribution >= 0.6 is 15.9 Å². The number of ether oxygens (including phenoxy) is 2. The molecule has 124 valence electrons. The van der Waals surface area contributed by atoms with Gasteiger partial charge in [0.15, 0.2) is 11.5 Å². The Labute approximate surface area is 149 Å². The molecule has 0 saturated carbocycles. The quantitative estimate of drug-likeness (QED) is 0.753. The summed E-state index contributed by atoms with van der Waals surface area (Å²) in [4.78, 5) is 12.3. The van der Waals surface area contributed by atoms with Crippen LogP contribution < -0.4 is 14.8 Å². The van der Waals surface area contributed by atoms with Crippen molar-refractivity contribution < 1.29 is 14.3 Å². The minimum Gasteiger partial charge on any atom is -0.490 e. The molecular formula is C19H18BrNO3. The Bertz CT molecular complexity index is 814. The zero-order valence-electron chi connectivity index (χ0n) is 13.6. The van der Waals surface area contributed by atoms with Gasteiger partial charge in [-0.25, -0.2) is 0 Å². The van der Waals surface area contributed by atoms with E-state index < -0.39 is 0 Å². The lowest BCUT2D eigenvalue weighted by Gasteiger charge is -2.13. The second-order valence-corrected chi connectivity index (χ2v) is 6.11. The van der Waals surface area contributed by atoms with Gasteiger partial charge in [0.1, 0.15) is 0 Å². The first-order valence-corrected chi connectivity index (χ1v) is 8.65. The van der Waals surface area contributed by atoms with Crippen LogP contribution in [0.4, 0.5) is 5.69 Å². The van der Waals surface area contributed by atoms with Crippen LogP contribution in [0.2, 0.25) is 0 Å². The SMILES string of the molecule is CCOc1cc(/C=C2/C(=O)Nc3ccccc32)cc(Br)c1OCC. The number of amides is 1. The molecule has 0 aromatic heterocycles. The van der Waals surface area contributed by atoms with Gasteiger partial charge in [-0.3, -0.25) is 4.79 Å². The molecule has 24 heavy (non-hydrogen) atoms. The van der Waals surface area contributed by atoms with E-state index in [9.17, 15) is 4.79 Å². The maximum absolute atomic E-state index is 12.3. The Balaban J connectivity index is 2.05. The molecule has 2 aromatic rings. The van der Waals surface area contributed by atoms with Gasteiger partial charge in [0.05, 0.1) is 17.7 Å². The summed E-state index contributed by atoms with van der Waals surface area (Å²) in [6, 6.07) is 11.5. The zero-order valence-corrected chi connectivity index (χ0v) is 15.1. The summed E-state index contributed by atoms with van der Waals surface area (Å²) in [5, 5.41) is 2.88. The summed E-state index contributed by atoms with van der Waals surface area (Å²) in [6.07, 6.45) is 1.87. The fourth-order valence-corrected chi connectivity index (χ4v) is 3.24. The van der Waals surface area contributed by atoms with Crippen molar-refractivity contribution in [3.63, 3.8) is 0 Å². The van der Waals surface area contributed by atoms with E-state index in [4.69, 9.17) is 9.47 Å². The Morgan fingerprint density at radius 1 is 1.12 bits per heavy atom. The predicted octanol–water partition coefficient (Wildman–Crippen LogP) is 4.74. The monoisotopic (exact) mass is 387 g/mol. The highest BCUT2D eigenvalue weighted by atomic mass is 79.9. The molecular weight excluding hydrogens is 370 g/mol. The van der Waals surface area contributed by atoms with E-state index in [1.165, 1.54) is 0 Å². The van der Waals surface area contributed by atoms with E-state index in [1.54, 1.807) is 0 Å². The van der Waals surface area contributed by atoms with E-state index in [2.05, 4.69) is 21.2 Å². The number of hydrogen-bond acceptors (Lipinski definition) is 3. The molecule has 0 radical (unpaired) electrons. The first-order valence-electron chi connectivity index (χ1n) is 7.85. The molecule has 5 heteroatoms. The van der Waals surface area contributed by atoms with Crippen molar-refractivity contribution in [2.24, 2.45) is 0 Å². The summed E-state index contributed by atoms with van der Waals surface area (Å²) in [7, 11) is 0. The van der Waals surface area contributed by atoms with Gasteiger partial charge in [-0.2, -0.15) is 0 Å². The Morgan fingerprint density at radius 3 is 2.62 bits per heavy atom. The number of rotatable bonds is 5. The van der Waals surface area contributed by atoms with E-state index >= 15 is 0 Å². The first kappa shape index (κ1) is 16.6. The van der Waals surface area contributed by atoms with Crippen molar-refractivity contribution in [1.29, 1.82) is 0 Å². The number of fused-ring (bicyclic) bond motifs is 1. The third-order valence-electron chi connectivity index (χ3n) is 3.64. The third-order valence-corrected chi connectivity index (χ3v) is 4.23. The van der Waals surface area contributed by atoms with E-state index in [0.717, 1.165) is 21.3 Å². The van der Waals surface area contributed by atoms with E-state index in [-0.39, 0.29) is 5.91 Å². The molecule has 1 N–H and O–H groups in total. The maximum atomic E-state index is 12.3. The lowest BCUT2D eigenvalue weighted by Crippen LogP contribution is -2.03. The summed E-state index contributed by atoms with van der Waals surface area (Å²) in [5.41, 5.74) is 3.26. The van der Waals surface area contributed by atoms with E-state index in [0.29, 0.717) is 30.3 Å². The van der Waals surface area contributed by atoms with Crippen LogP contribution in [0, 0.1) is 0 Å². The van der Waals surface area contributed by atoms with Crippen LogP contribution in [0.1, 0.15) is 25.0 Å². The summed E-state index contributed by atoms with van der Waals surface area (Å²) in [5.74, 6) is 1.24. The fourth-order valence-electron chi connectivity index (χ4n) is 2.67. The van der Waals surface area contributed by atoms with Crippen molar-refractivity contribution in [2.75, 3.05) is 18.5 Å². The standard InChI is InChI=1S/C19H18BrNO3/c1-3-23-17-11-12(10-15(20)18(17)24-4-2)9-14-13-7-5-6-8-16(13)21-19(14)22/h5-11H,3-4H2,1-2H3,(H,21,22)/b14-9+. The molecule has 2 aromatic carbocycles. The Morgan fingerprint density at radius 2 is 1.88 bits per heavy atom. The van der Waals surface area contributed by atoms with Gasteiger partial charge in [-0.05, 0) is 59.6 Å². The topological polar surface area (TPSA) is 47.6 Å². The molecule has 0 unspecified atom stereocenters. The number of nitrogens with one attached hydrogen (secondary N) is 1. The smallest absolute Gasteiger partial charge is 0.256 e. The molecule has 1 aliphatic heterocycles. The minimum absolute atomic E-state index is 0.0980. The van der Waals surface area contributed by atoms with Crippen LogP contribution in [0.25, 0.3) is 11.6 Å². The van der Waals surface area contributed by atoms with Crippen molar-refractivity contribution >= 4 is 39.2 Å². The van der Waals surface area contributed by atoms with Gasteiger partial charge in [-0.15, -0.1) is 0 Å². The molecule has 4 nitrogen and oxygen atoms in total. The van der Waals surface area contributed by atoms with Crippen molar-refractivity contribution in [3.8, 4) is 11.5 Å². The average molecular weight is 388 g/mol. The molecule has 1 aliphatic rings. The molecule has 0 fully saturated rings. The van der Waals surface area contributed by atoms with Crippen molar-refractivity contribution in [3.05, 3.63) is 52.0 Å². The minimum atomic E-state index is -0.0980. The molecule has 0 atom stereocenters. The molecule has 0 aliphatic carbocycles. The second kappa shape index (κ2) is 7.09. The first-order chi connectivity index (χ1) is 11.6. The van der Waals surface area contributed by atoms with Gasteiger partial charge >= 0.3 is 0 Å². The number of hydrogen-bond donors (Lipinski definition) is 1. The third kappa shape index (κ3) is 3.17. The highest BCUT2D eigenvalue weighted by Gasteiger charge is 2.23. The van der Waals surface area contributed by atoms with Crippen LogP contribution in [-0.4, -0.2) is 19.1 Å². The number of benzene rings is 2. The number of carbonyl (C=O) groups excluding carboxylic acids is 1. The van der Waals surface area contributed by atoms with Gasteiger partial charge in [0, 0.05) is 16.8 Å². The van der Waals surface area contributed by atoms with Gasteiger partial charge < -0.3 is 14.8 Å². The summed E-state index contributed by atoms with van der Waals surface area (Å²) in [6.45, 7) is 4.94. The second-order valence-electron chi connectivity index (χ2n) is 5.25. The van der Waals surface area contributed by atoms with Crippen molar-refractivity contribution in [2.45, 2.75) is 13.8 Å². The average Bonchev–Trinajstić information content (AvgIpc) is 2.87. The Kier molecular flexibility index (Phi) is 4.90. The lowest BCUT2D eigenvalue weighted by atomic mass is 10.0. The van der Waals surface area contributed by atoms with Gasteiger partial charge in [0.25, 0.3) is 5.91 Å². The molecule has 1 amide bonds. The van der Waals surface area contributed by atoms with Gasteiger partial charge in [0.2, 0.25) is 0 Å². The van der Waals surface area contributed by atoms with Crippen molar-refractivity contribution in [1.82, 2.24) is 0 Å². The molecule has 0 saturated heterocycles. The number of halogens is 1. The highest BCUT2D eigenvalue weighted by molar-refractivity contribution is 9.10. The lowest BCUT2D eigenvalue weighted by molar-refractivity contribution is -0.110. The Hall–Kier alpha value is -2.27. The summed E-state index contributed by atoms with van der Waals surface area (Å²) >= 11 is 3.53. The normalized spacial score (nSPS) is 14.5. The van der Waals surface area contributed by atoms with Crippen LogP contribution in [-0.2, 0) is 4.79 Å².